The number of nitrogens with zero attached hydrogens (tertiary/aromatic N) is 2. The minimum atomic E-state index is 0.547. The van der Waals surface area contributed by atoms with Crippen LogP contribution in [-0.2, 0) is 12.8 Å². The molecule has 0 saturated heterocycles. The predicted molar refractivity (Wildman–Crippen MR) is 138 cm³/mol. The molecule has 0 amide bonds. The third-order valence-electron chi connectivity index (χ3n) is 5.26. The van der Waals surface area contributed by atoms with E-state index in [2.05, 4.69) is 41.8 Å². The Balaban J connectivity index is 1.29. The fourth-order valence-corrected chi connectivity index (χ4v) is 5.51. The van der Waals surface area contributed by atoms with Gasteiger partial charge >= 0.3 is 0 Å². The molecular weight excluding hydrogens is 490 g/mol. The summed E-state index contributed by atoms with van der Waals surface area (Å²) in [5, 5.41) is 11.6. The standard InChI is InChI=1S/C23H20BrN5S2/c24-14-5-7-16(8-6-14)28-23(30)29-17-11-9-15(10-12-17)27-21-20-18-3-1-2-4-19(18)31-22(20)26-13-25-21/h5-13H,1-4H2,(H,25,26,27)(H2,28,29,30). The van der Waals surface area contributed by atoms with E-state index in [-0.39, 0.29) is 0 Å². The van der Waals surface area contributed by atoms with Gasteiger partial charge in [0.25, 0.3) is 0 Å². The lowest BCUT2D eigenvalue weighted by atomic mass is 9.97. The molecule has 5 rings (SSSR count). The van der Waals surface area contributed by atoms with Gasteiger partial charge in [-0.25, -0.2) is 9.97 Å². The normalized spacial score (nSPS) is 12.9. The van der Waals surface area contributed by atoms with Gasteiger partial charge in [0.15, 0.2) is 5.11 Å². The van der Waals surface area contributed by atoms with Gasteiger partial charge in [0.05, 0.1) is 5.39 Å². The van der Waals surface area contributed by atoms with Crippen molar-refractivity contribution in [3.8, 4) is 0 Å². The number of aryl methyl sites for hydroxylation is 2. The smallest absolute Gasteiger partial charge is 0.175 e. The molecule has 1 aliphatic carbocycles. The first-order valence-corrected chi connectivity index (χ1v) is 12.1. The molecule has 2 heterocycles. The Labute approximate surface area is 198 Å². The quantitative estimate of drug-likeness (QED) is 0.260. The number of aromatic nitrogens is 2. The summed E-state index contributed by atoms with van der Waals surface area (Å²) in [6.45, 7) is 0. The molecule has 0 atom stereocenters. The Morgan fingerprint density at radius 1 is 0.871 bits per heavy atom. The maximum Gasteiger partial charge on any atom is 0.175 e. The van der Waals surface area contributed by atoms with E-state index in [1.807, 2.05) is 59.9 Å². The molecule has 2 aromatic heterocycles. The number of rotatable bonds is 4. The molecule has 5 nitrogen and oxygen atoms in total. The second kappa shape index (κ2) is 8.90. The lowest BCUT2D eigenvalue weighted by Gasteiger charge is -2.13. The van der Waals surface area contributed by atoms with Crippen molar-refractivity contribution in [1.29, 1.82) is 0 Å². The molecule has 4 aromatic rings. The molecule has 0 saturated carbocycles. The summed E-state index contributed by atoms with van der Waals surface area (Å²) in [7, 11) is 0. The van der Waals surface area contributed by atoms with Gasteiger partial charge in [-0.2, -0.15) is 0 Å². The summed E-state index contributed by atoms with van der Waals surface area (Å²) in [4.78, 5) is 11.6. The maximum atomic E-state index is 5.42. The third-order valence-corrected chi connectivity index (χ3v) is 7.19. The van der Waals surface area contributed by atoms with Crippen LogP contribution in [0.1, 0.15) is 23.3 Å². The predicted octanol–water partition coefficient (Wildman–Crippen LogP) is 6.89. The molecule has 31 heavy (non-hydrogen) atoms. The molecule has 3 N–H and O–H groups in total. The summed E-state index contributed by atoms with van der Waals surface area (Å²) in [6, 6.07) is 15.9. The van der Waals surface area contributed by atoms with Crippen molar-refractivity contribution < 1.29 is 0 Å². The van der Waals surface area contributed by atoms with E-state index in [9.17, 15) is 0 Å². The van der Waals surface area contributed by atoms with E-state index >= 15 is 0 Å². The number of halogens is 1. The van der Waals surface area contributed by atoms with Gasteiger partial charge in [0.1, 0.15) is 17.0 Å². The first-order chi connectivity index (χ1) is 15.2. The average Bonchev–Trinajstić information content (AvgIpc) is 3.16. The minimum absolute atomic E-state index is 0.547. The van der Waals surface area contributed by atoms with Crippen LogP contribution in [0, 0.1) is 0 Å². The Kier molecular flexibility index (Phi) is 5.85. The van der Waals surface area contributed by atoms with Crippen molar-refractivity contribution in [3.63, 3.8) is 0 Å². The first kappa shape index (κ1) is 20.4. The highest BCUT2D eigenvalue weighted by atomic mass is 79.9. The van der Waals surface area contributed by atoms with Crippen molar-refractivity contribution in [3.05, 3.63) is 69.8 Å². The molecular formula is C23H20BrN5S2. The van der Waals surface area contributed by atoms with Crippen LogP contribution in [0.4, 0.5) is 22.9 Å². The molecule has 0 bridgehead atoms. The van der Waals surface area contributed by atoms with Crippen LogP contribution in [0.3, 0.4) is 0 Å². The zero-order valence-electron chi connectivity index (χ0n) is 16.6. The van der Waals surface area contributed by atoms with Crippen LogP contribution < -0.4 is 16.0 Å². The lowest BCUT2D eigenvalue weighted by Crippen LogP contribution is -2.18. The zero-order valence-corrected chi connectivity index (χ0v) is 19.8. The average molecular weight is 510 g/mol. The van der Waals surface area contributed by atoms with E-state index in [4.69, 9.17) is 12.2 Å². The number of thiocarbonyl (C=S) groups is 1. The van der Waals surface area contributed by atoms with Crippen LogP contribution in [0.25, 0.3) is 10.2 Å². The summed E-state index contributed by atoms with van der Waals surface area (Å²) in [5.74, 6) is 0.887. The van der Waals surface area contributed by atoms with E-state index in [1.54, 1.807) is 6.33 Å². The second-order valence-electron chi connectivity index (χ2n) is 7.40. The Morgan fingerprint density at radius 2 is 1.52 bits per heavy atom. The van der Waals surface area contributed by atoms with Crippen molar-refractivity contribution in [1.82, 2.24) is 9.97 Å². The fourth-order valence-electron chi connectivity index (χ4n) is 3.79. The highest BCUT2D eigenvalue weighted by molar-refractivity contribution is 9.10. The fraction of sp³-hybridized carbons (Fsp3) is 0.174. The van der Waals surface area contributed by atoms with Crippen LogP contribution in [0.15, 0.2) is 59.3 Å². The van der Waals surface area contributed by atoms with Crippen molar-refractivity contribution >= 4 is 77.7 Å². The number of benzene rings is 2. The first-order valence-electron chi connectivity index (χ1n) is 10.1. The maximum absolute atomic E-state index is 5.42. The summed E-state index contributed by atoms with van der Waals surface area (Å²) >= 11 is 10.7. The lowest BCUT2D eigenvalue weighted by molar-refractivity contribution is 0.700. The number of anilines is 4. The van der Waals surface area contributed by atoms with E-state index in [0.717, 1.165) is 45.0 Å². The van der Waals surface area contributed by atoms with Crippen LogP contribution in [0.5, 0.6) is 0 Å². The topological polar surface area (TPSA) is 61.9 Å². The van der Waals surface area contributed by atoms with Gasteiger partial charge in [-0.3, -0.25) is 0 Å². The molecule has 156 valence electrons. The van der Waals surface area contributed by atoms with Crippen LogP contribution >= 0.6 is 39.5 Å². The van der Waals surface area contributed by atoms with Gasteiger partial charge in [-0.15, -0.1) is 11.3 Å². The number of fused-ring (bicyclic) bond motifs is 3. The molecule has 2 aromatic carbocycles. The molecule has 0 aliphatic heterocycles. The Bertz CT molecular complexity index is 1240. The molecule has 8 heteroatoms. The highest BCUT2D eigenvalue weighted by Crippen LogP contribution is 2.38. The number of hydrogen-bond acceptors (Lipinski definition) is 5. The van der Waals surface area contributed by atoms with Crippen molar-refractivity contribution in [2.24, 2.45) is 0 Å². The van der Waals surface area contributed by atoms with Gasteiger partial charge in [-0.1, -0.05) is 15.9 Å². The van der Waals surface area contributed by atoms with Crippen LogP contribution in [-0.4, -0.2) is 15.1 Å². The number of nitrogens with one attached hydrogen (secondary N) is 3. The monoisotopic (exact) mass is 509 g/mol. The van der Waals surface area contributed by atoms with E-state index < -0.39 is 0 Å². The van der Waals surface area contributed by atoms with Gasteiger partial charge in [-0.05, 0) is 92.0 Å². The number of hydrogen-bond donors (Lipinski definition) is 3. The van der Waals surface area contributed by atoms with E-state index in [1.165, 1.54) is 28.7 Å². The molecule has 1 aliphatic rings. The second-order valence-corrected chi connectivity index (χ2v) is 9.81. The van der Waals surface area contributed by atoms with Crippen molar-refractivity contribution in [2.45, 2.75) is 25.7 Å². The third kappa shape index (κ3) is 4.56. The van der Waals surface area contributed by atoms with Gasteiger partial charge in [0.2, 0.25) is 0 Å². The zero-order chi connectivity index (χ0) is 21.2. The summed E-state index contributed by atoms with van der Waals surface area (Å²) < 4.78 is 1.03. The van der Waals surface area contributed by atoms with E-state index in [0.29, 0.717) is 5.11 Å². The number of thiophene rings is 1. The van der Waals surface area contributed by atoms with Crippen molar-refractivity contribution in [2.75, 3.05) is 16.0 Å². The van der Waals surface area contributed by atoms with Gasteiger partial charge < -0.3 is 16.0 Å². The Hall–Kier alpha value is -2.55. The minimum Gasteiger partial charge on any atom is -0.340 e. The summed E-state index contributed by atoms with van der Waals surface area (Å²) in [6.07, 6.45) is 6.42. The molecule has 0 spiro atoms. The van der Waals surface area contributed by atoms with Gasteiger partial charge in [0, 0.05) is 26.4 Å². The molecule has 0 unspecified atom stereocenters. The van der Waals surface area contributed by atoms with Crippen LogP contribution in [0.2, 0.25) is 0 Å². The summed E-state index contributed by atoms with van der Waals surface area (Å²) in [5.41, 5.74) is 4.26. The molecule has 0 radical (unpaired) electrons. The SMILES string of the molecule is S=C(Nc1ccc(Br)cc1)Nc1ccc(Nc2ncnc3sc4c(c23)CCCC4)cc1. The highest BCUT2D eigenvalue weighted by Gasteiger charge is 2.19. The largest absolute Gasteiger partial charge is 0.340 e. The Morgan fingerprint density at radius 3 is 2.26 bits per heavy atom. The molecule has 0 fully saturated rings.